The van der Waals surface area contributed by atoms with Gasteiger partial charge in [-0.15, -0.1) is 11.3 Å². The third-order valence-corrected chi connectivity index (χ3v) is 10.1. The first kappa shape index (κ1) is 33.8. The van der Waals surface area contributed by atoms with Crippen molar-refractivity contribution in [1.82, 2.24) is 25.4 Å². The molecule has 236 valence electrons. The summed E-state index contributed by atoms with van der Waals surface area (Å²) in [6.07, 6.45) is 3.21. The molecule has 1 aromatic rings. The van der Waals surface area contributed by atoms with Crippen LogP contribution in [0.25, 0.3) is 0 Å². The third kappa shape index (κ3) is 7.24. The van der Waals surface area contributed by atoms with E-state index in [9.17, 15) is 19.2 Å². The lowest BCUT2D eigenvalue weighted by Crippen LogP contribution is -2.60. The van der Waals surface area contributed by atoms with Crippen molar-refractivity contribution in [3.05, 3.63) is 16.1 Å². The molecule has 2 saturated heterocycles. The second kappa shape index (κ2) is 14.6. The highest BCUT2D eigenvalue weighted by Gasteiger charge is 2.55. The lowest BCUT2D eigenvalue weighted by molar-refractivity contribution is -0.142. The summed E-state index contributed by atoms with van der Waals surface area (Å²) in [6.45, 7) is 12.1. The molecule has 0 radical (unpaired) electrons. The van der Waals surface area contributed by atoms with Gasteiger partial charge in [-0.2, -0.15) is 0 Å². The van der Waals surface area contributed by atoms with Gasteiger partial charge in [-0.3, -0.25) is 14.5 Å². The molecule has 4 atom stereocenters. The van der Waals surface area contributed by atoms with Crippen LogP contribution in [-0.4, -0.2) is 89.6 Å². The van der Waals surface area contributed by atoms with Gasteiger partial charge >= 0.3 is 12.1 Å². The zero-order valence-corrected chi connectivity index (χ0v) is 27.2. The number of aromatic nitrogens is 1. The van der Waals surface area contributed by atoms with Crippen molar-refractivity contribution in [2.24, 2.45) is 11.8 Å². The van der Waals surface area contributed by atoms with Crippen LogP contribution in [0.2, 0.25) is 0 Å². The van der Waals surface area contributed by atoms with Gasteiger partial charge in [0.25, 0.3) is 0 Å². The lowest BCUT2D eigenvalue weighted by Gasteiger charge is -2.38. The molecule has 3 heterocycles. The average molecular weight is 608 g/mol. The number of likely N-dealkylation sites (N-methyl/N-ethyl adjacent to an activating group) is 2. The van der Waals surface area contributed by atoms with Crippen LogP contribution in [0.15, 0.2) is 5.38 Å². The summed E-state index contributed by atoms with van der Waals surface area (Å²) in [5.74, 6) is -0.869. The summed E-state index contributed by atoms with van der Waals surface area (Å²) < 4.78 is 10.9. The highest BCUT2D eigenvalue weighted by atomic mass is 32.1. The maximum Gasteiger partial charge on any atom is 0.407 e. The molecule has 1 aromatic heterocycles. The number of hydrogen-bond acceptors (Lipinski definition) is 9. The molecular formula is C30H49N5O6S. The molecule has 0 spiro atoms. The minimum Gasteiger partial charge on any atom is -0.461 e. The number of amides is 3. The first-order valence-electron chi connectivity index (χ1n) is 15.3. The number of fused-ring (bicyclic) bond motifs is 2. The van der Waals surface area contributed by atoms with Crippen LogP contribution in [0.3, 0.4) is 0 Å². The fraction of sp³-hybridized carbons (Fsp3) is 0.767. The summed E-state index contributed by atoms with van der Waals surface area (Å²) in [6, 6.07) is -0.605. The Balaban J connectivity index is 1.84. The van der Waals surface area contributed by atoms with Crippen LogP contribution in [0.4, 0.5) is 4.79 Å². The maximum atomic E-state index is 14.1. The molecule has 12 heteroatoms. The van der Waals surface area contributed by atoms with E-state index in [4.69, 9.17) is 9.47 Å². The quantitative estimate of drug-likeness (QED) is 0.302. The molecule has 3 amide bonds. The Hall–Kier alpha value is -2.73. The molecule has 2 N–H and O–H groups in total. The van der Waals surface area contributed by atoms with Gasteiger partial charge in [-0.25, -0.2) is 14.6 Å². The maximum absolute atomic E-state index is 14.1. The highest BCUT2D eigenvalue weighted by Crippen LogP contribution is 2.45. The fourth-order valence-corrected chi connectivity index (χ4v) is 7.07. The monoisotopic (exact) mass is 607 g/mol. The molecule has 2 bridgehead atoms. The normalized spacial score (nSPS) is 22.7. The number of hydrogen-bond donors (Lipinski definition) is 2. The second-order valence-corrected chi connectivity index (χ2v) is 12.8. The molecule has 2 aliphatic rings. The minimum absolute atomic E-state index is 0.00721. The van der Waals surface area contributed by atoms with E-state index in [0.29, 0.717) is 17.6 Å². The smallest absolute Gasteiger partial charge is 0.407 e. The number of ether oxygens (including phenoxy) is 2. The molecule has 0 aromatic carbocycles. The first-order valence-corrected chi connectivity index (χ1v) is 16.2. The van der Waals surface area contributed by atoms with Crippen molar-refractivity contribution in [1.29, 1.82) is 0 Å². The zero-order chi connectivity index (χ0) is 31.2. The van der Waals surface area contributed by atoms with E-state index in [1.54, 1.807) is 31.2 Å². The molecule has 3 rings (SSSR count). The lowest BCUT2D eigenvalue weighted by atomic mass is 9.86. The minimum atomic E-state index is -0.800. The Labute approximate surface area is 254 Å². The summed E-state index contributed by atoms with van der Waals surface area (Å²) in [4.78, 5) is 60.9. The zero-order valence-electron chi connectivity index (χ0n) is 26.4. The largest absolute Gasteiger partial charge is 0.461 e. The number of nitrogens with zero attached hydrogens (tertiary/aromatic N) is 3. The van der Waals surface area contributed by atoms with Gasteiger partial charge < -0.3 is 25.0 Å². The van der Waals surface area contributed by atoms with E-state index in [1.165, 1.54) is 11.3 Å². The number of rotatable bonds is 14. The molecule has 0 aliphatic carbocycles. The van der Waals surface area contributed by atoms with E-state index < -0.39 is 29.7 Å². The van der Waals surface area contributed by atoms with Crippen molar-refractivity contribution in [3.63, 3.8) is 0 Å². The van der Waals surface area contributed by atoms with Gasteiger partial charge in [0, 0.05) is 37.5 Å². The van der Waals surface area contributed by atoms with Crippen LogP contribution in [0.1, 0.15) is 102 Å². The predicted molar refractivity (Wildman–Crippen MR) is 161 cm³/mol. The van der Waals surface area contributed by atoms with E-state index >= 15 is 0 Å². The van der Waals surface area contributed by atoms with Gasteiger partial charge in [0.1, 0.15) is 16.6 Å². The van der Waals surface area contributed by atoms with Crippen LogP contribution in [0, 0.1) is 11.8 Å². The van der Waals surface area contributed by atoms with Crippen molar-refractivity contribution >= 4 is 35.2 Å². The molecule has 42 heavy (non-hydrogen) atoms. The number of esters is 1. The molecule has 2 aliphatic heterocycles. The Morgan fingerprint density at radius 2 is 1.83 bits per heavy atom. The molecule has 0 saturated carbocycles. The summed E-state index contributed by atoms with van der Waals surface area (Å²) >= 11 is 1.21. The molecular weight excluding hydrogens is 558 g/mol. The van der Waals surface area contributed by atoms with Gasteiger partial charge in [0.2, 0.25) is 11.8 Å². The van der Waals surface area contributed by atoms with Crippen LogP contribution in [0.5, 0.6) is 0 Å². The topological polar surface area (TPSA) is 130 Å². The Kier molecular flexibility index (Phi) is 11.8. The van der Waals surface area contributed by atoms with Crippen LogP contribution < -0.4 is 10.6 Å². The number of alkyl carbamates (subject to hydrolysis) is 1. The number of thiazole rings is 1. The highest BCUT2D eigenvalue weighted by molar-refractivity contribution is 7.09. The Morgan fingerprint density at radius 3 is 2.36 bits per heavy atom. The van der Waals surface area contributed by atoms with Gasteiger partial charge in [0.15, 0.2) is 11.8 Å². The van der Waals surface area contributed by atoms with E-state index in [-0.39, 0.29) is 48.4 Å². The Morgan fingerprint density at radius 1 is 1.17 bits per heavy atom. The summed E-state index contributed by atoms with van der Waals surface area (Å²) in [5, 5.41) is 7.84. The standard InChI is InChI=1S/C30H49N5O6S/c1-9-19(6)24(33-28(38)30-14-12-20(13-15-30)35(30)8)26(36)34(7)22(18(4)5)16-23(41-29(39)31-10-2)25-32-21(17-42-25)27(37)40-11-3/h17-20,22-24H,9-16H2,1-8H3,(H,31,39)(H,33,38). The van der Waals surface area contributed by atoms with E-state index in [0.717, 1.165) is 32.1 Å². The SMILES string of the molecule is CCNC(=O)OC(CC(C(C)C)N(C)C(=O)C(NC(=O)C12CCC(CC1)N2C)C(C)CC)c1nc(C(=O)OCC)cs1. The van der Waals surface area contributed by atoms with Crippen molar-refractivity contribution < 1.29 is 28.7 Å². The van der Waals surface area contributed by atoms with Crippen molar-refractivity contribution in [2.45, 2.75) is 110 Å². The fourth-order valence-electron chi connectivity index (χ4n) is 6.24. The Bertz CT molecular complexity index is 1100. The molecule has 11 nitrogen and oxygen atoms in total. The number of carbonyl (C=O) groups is 4. The number of carbonyl (C=O) groups excluding carboxylic acids is 4. The molecule has 4 unspecified atom stereocenters. The summed E-state index contributed by atoms with van der Waals surface area (Å²) in [7, 11) is 3.77. The van der Waals surface area contributed by atoms with Crippen LogP contribution >= 0.6 is 11.3 Å². The average Bonchev–Trinajstić information content (AvgIpc) is 3.67. The summed E-state index contributed by atoms with van der Waals surface area (Å²) in [5.41, 5.74) is -0.392. The van der Waals surface area contributed by atoms with Crippen LogP contribution in [-0.2, 0) is 19.1 Å². The van der Waals surface area contributed by atoms with Crippen molar-refractivity contribution in [2.75, 3.05) is 27.2 Å². The third-order valence-electron chi connectivity index (χ3n) is 9.12. The van der Waals surface area contributed by atoms with Gasteiger partial charge in [-0.1, -0.05) is 34.1 Å². The number of nitrogens with one attached hydrogen (secondary N) is 2. The molecule has 2 fully saturated rings. The van der Waals surface area contributed by atoms with Crippen molar-refractivity contribution in [3.8, 4) is 0 Å². The second-order valence-electron chi connectivity index (χ2n) is 11.9. The predicted octanol–water partition coefficient (Wildman–Crippen LogP) is 4.14. The first-order chi connectivity index (χ1) is 19.9. The van der Waals surface area contributed by atoms with Gasteiger partial charge in [-0.05, 0) is 58.4 Å². The van der Waals surface area contributed by atoms with E-state index in [2.05, 4.69) is 20.5 Å². The van der Waals surface area contributed by atoms with E-state index in [1.807, 2.05) is 34.7 Å². The van der Waals surface area contributed by atoms with Gasteiger partial charge in [0.05, 0.1) is 6.61 Å².